The van der Waals surface area contributed by atoms with Crippen molar-refractivity contribution in [2.24, 2.45) is 0 Å². The molecule has 2 aromatic rings. The number of hydrogen-bond donors (Lipinski definition) is 3. The van der Waals surface area contributed by atoms with E-state index in [1.165, 1.54) is 12.6 Å². The molecule has 2 aromatic heterocycles. The number of nitrogens with one attached hydrogen (secondary N) is 3. The van der Waals surface area contributed by atoms with Gasteiger partial charge in [0.2, 0.25) is 0 Å². The number of rotatable bonds is 5. The van der Waals surface area contributed by atoms with Gasteiger partial charge < -0.3 is 10.3 Å². The summed E-state index contributed by atoms with van der Waals surface area (Å²) in [6, 6.07) is 0. The predicted molar refractivity (Wildman–Crippen MR) is 85.5 cm³/mol. The lowest BCUT2D eigenvalue weighted by molar-refractivity contribution is 0.0952. The Morgan fingerprint density at radius 1 is 1.39 bits per heavy atom. The molecular weight excluding hydrogens is 294 g/mol. The van der Waals surface area contributed by atoms with Gasteiger partial charge in [0, 0.05) is 24.4 Å². The smallest absolute Gasteiger partial charge is 0.263 e. The van der Waals surface area contributed by atoms with Gasteiger partial charge in [-0.3, -0.25) is 14.7 Å². The number of hydrogen-bond acceptors (Lipinski definition) is 4. The van der Waals surface area contributed by atoms with Crippen LogP contribution in [0.15, 0.2) is 11.0 Å². The molecule has 0 aliphatic heterocycles. The van der Waals surface area contributed by atoms with Crippen molar-refractivity contribution in [3.63, 3.8) is 0 Å². The van der Waals surface area contributed by atoms with E-state index in [-0.39, 0.29) is 11.1 Å². The number of nitrogens with zero attached hydrogens (tertiary/aromatic N) is 2. The quantitative estimate of drug-likeness (QED) is 0.774. The summed E-state index contributed by atoms with van der Waals surface area (Å²) in [5.74, 6) is 0.645. The van der Waals surface area contributed by atoms with Gasteiger partial charge in [0.1, 0.15) is 11.4 Å². The molecule has 0 bridgehead atoms. The first-order chi connectivity index (χ1) is 11.1. The van der Waals surface area contributed by atoms with Gasteiger partial charge in [-0.25, -0.2) is 4.98 Å². The second-order valence-electron chi connectivity index (χ2n) is 6.06. The van der Waals surface area contributed by atoms with E-state index in [0.717, 1.165) is 29.8 Å². The van der Waals surface area contributed by atoms with Crippen molar-refractivity contribution in [1.29, 1.82) is 0 Å². The van der Waals surface area contributed by atoms with E-state index in [2.05, 4.69) is 25.5 Å². The zero-order valence-electron chi connectivity index (χ0n) is 13.4. The lowest BCUT2D eigenvalue weighted by Gasteiger charge is -2.23. The van der Waals surface area contributed by atoms with Crippen molar-refractivity contribution in [3.05, 3.63) is 44.9 Å². The Bertz CT molecular complexity index is 754. The molecule has 0 unspecified atom stereocenters. The first kappa shape index (κ1) is 15.5. The molecule has 0 radical (unpaired) electrons. The molecule has 7 heteroatoms. The Morgan fingerprint density at radius 2 is 2.17 bits per heavy atom. The third kappa shape index (κ3) is 3.18. The van der Waals surface area contributed by atoms with Crippen molar-refractivity contribution in [3.8, 4) is 0 Å². The molecular formula is C16H21N5O2. The molecule has 1 aliphatic rings. The van der Waals surface area contributed by atoms with Crippen LogP contribution in [0.25, 0.3) is 0 Å². The molecule has 1 saturated carbocycles. The van der Waals surface area contributed by atoms with Crippen LogP contribution >= 0.6 is 0 Å². The SMILES string of the molecule is Cc1n[nH]c(C)c1CCNC(=O)c1cnc(C2CCC2)[nH]c1=O. The van der Waals surface area contributed by atoms with Crippen molar-refractivity contribution >= 4 is 5.91 Å². The first-order valence-electron chi connectivity index (χ1n) is 7.94. The van der Waals surface area contributed by atoms with E-state index in [4.69, 9.17) is 0 Å². The molecule has 0 atom stereocenters. The number of carbonyl (C=O) groups excluding carboxylic acids is 1. The maximum atomic E-state index is 12.1. The second-order valence-corrected chi connectivity index (χ2v) is 6.06. The van der Waals surface area contributed by atoms with Crippen molar-refractivity contribution in [2.45, 2.75) is 45.4 Å². The number of aromatic amines is 2. The molecule has 0 aromatic carbocycles. The minimum Gasteiger partial charge on any atom is -0.351 e. The van der Waals surface area contributed by atoms with E-state index >= 15 is 0 Å². The molecule has 0 spiro atoms. The van der Waals surface area contributed by atoms with Crippen molar-refractivity contribution in [1.82, 2.24) is 25.5 Å². The highest BCUT2D eigenvalue weighted by Crippen LogP contribution is 2.33. The van der Waals surface area contributed by atoms with Crippen LogP contribution in [-0.4, -0.2) is 32.6 Å². The van der Waals surface area contributed by atoms with Crippen LogP contribution < -0.4 is 10.9 Å². The van der Waals surface area contributed by atoms with E-state index < -0.39 is 5.91 Å². The number of H-pyrrole nitrogens is 2. The summed E-state index contributed by atoms with van der Waals surface area (Å²) in [5, 5.41) is 9.81. The van der Waals surface area contributed by atoms with Gasteiger partial charge in [0.25, 0.3) is 11.5 Å². The fourth-order valence-electron chi connectivity index (χ4n) is 2.80. The highest BCUT2D eigenvalue weighted by molar-refractivity contribution is 5.93. The fourth-order valence-corrected chi connectivity index (χ4v) is 2.80. The normalized spacial score (nSPS) is 14.5. The van der Waals surface area contributed by atoms with E-state index in [1.807, 2.05) is 13.8 Å². The van der Waals surface area contributed by atoms with Gasteiger partial charge in [-0.2, -0.15) is 5.10 Å². The van der Waals surface area contributed by atoms with Crippen LogP contribution in [0.3, 0.4) is 0 Å². The summed E-state index contributed by atoms with van der Waals surface area (Å²) in [6.45, 7) is 4.32. The average molecular weight is 315 g/mol. The van der Waals surface area contributed by atoms with Crippen LogP contribution in [0.5, 0.6) is 0 Å². The molecule has 3 rings (SSSR count). The number of aryl methyl sites for hydroxylation is 2. The Labute approximate surface area is 133 Å². The fraction of sp³-hybridized carbons (Fsp3) is 0.500. The average Bonchev–Trinajstić information content (AvgIpc) is 2.77. The summed E-state index contributed by atoms with van der Waals surface area (Å²) in [7, 11) is 0. The van der Waals surface area contributed by atoms with Crippen molar-refractivity contribution in [2.75, 3.05) is 6.54 Å². The van der Waals surface area contributed by atoms with E-state index in [1.54, 1.807) is 0 Å². The molecule has 1 aliphatic carbocycles. The minimum atomic E-state index is -0.391. The third-order valence-corrected chi connectivity index (χ3v) is 4.50. The standard InChI is InChI=1S/C16H21N5O2/c1-9-12(10(2)21-20-9)6-7-17-15(22)13-8-18-14(19-16(13)23)11-4-3-5-11/h8,11H,3-7H2,1-2H3,(H,17,22)(H,20,21)(H,18,19,23). The summed E-state index contributed by atoms with van der Waals surface area (Å²) in [6.07, 6.45) is 5.33. The van der Waals surface area contributed by atoms with Gasteiger partial charge in [0.05, 0.1) is 5.69 Å². The minimum absolute atomic E-state index is 0.0636. The number of amides is 1. The monoisotopic (exact) mass is 315 g/mol. The Hall–Kier alpha value is -2.44. The van der Waals surface area contributed by atoms with Gasteiger partial charge >= 0.3 is 0 Å². The largest absolute Gasteiger partial charge is 0.351 e. The van der Waals surface area contributed by atoms with Gasteiger partial charge in [0.15, 0.2) is 0 Å². The molecule has 1 fully saturated rings. The Kier molecular flexibility index (Phi) is 4.27. The van der Waals surface area contributed by atoms with Crippen molar-refractivity contribution < 1.29 is 4.79 Å². The summed E-state index contributed by atoms with van der Waals surface area (Å²) in [5.41, 5.74) is 2.73. The highest BCUT2D eigenvalue weighted by atomic mass is 16.2. The topological polar surface area (TPSA) is 104 Å². The molecule has 2 heterocycles. The molecule has 7 nitrogen and oxygen atoms in total. The Morgan fingerprint density at radius 3 is 2.74 bits per heavy atom. The molecule has 1 amide bonds. The van der Waals surface area contributed by atoms with Crippen LogP contribution in [0.2, 0.25) is 0 Å². The second kappa shape index (κ2) is 6.36. The van der Waals surface area contributed by atoms with Crippen LogP contribution in [-0.2, 0) is 6.42 Å². The third-order valence-electron chi connectivity index (χ3n) is 4.50. The molecule has 0 saturated heterocycles. The number of carbonyl (C=O) groups is 1. The molecule has 122 valence electrons. The zero-order valence-corrected chi connectivity index (χ0v) is 13.4. The maximum Gasteiger partial charge on any atom is 0.263 e. The summed E-state index contributed by atoms with van der Waals surface area (Å²) in [4.78, 5) is 31.2. The van der Waals surface area contributed by atoms with E-state index in [0.29, 0.717) is 24.7 Å². The first-order valence-corrected chi connectivity index (χ1v) is 7.94. The summed E-state index contributed by atoms with van der Waals surface area (Å²) >= 11 is 0. The van der Waals surface area contributed by atoms with Crippen LogP contribution in [0.4, 0.5) is 0 Å². The van der Waals surface area contributed by atoms with Gasteiger partial charge in [-0.15, -0.1) is 0 Å². The predicted octanol–water partition coefficient (Wildman–Crippen LogP) is 1.35. The lowest BCUT2D eigenvalue weighted by Crippen LogP contribution is -2.32. The van der Waals surface area contributed by atoms with Crippen LogP contribution in [0.1, 0.15) is 58.3 Å². The maximum absolute atomic E-state index is 12.1. The van der Waals surface area contributed by atoms with E-state index in [9.17, 15) is 9.59 Å². The highest BCUT2D eigenvalue weighted by Gasteiger charge is 2.22. The van der Waals surface area contributed by atoms with Crippen LogP contribution in [0, 0.1) is 13.8 Å². The number of aromatic nitrogens is 4. The molecule has 3 N–H and O–H groups in total. The summed E-state index contributed by atoms with van der Waals surface area (Å²) < 4.78 is 0. The van der Waals surface area contributed by atoms with Gasteiger partial charge in [-0.05, 0) is 38.7 Å². The lowest BCUT2D eigenvalue weighted by atomic mass is 9.85. The molecule has 23 heavy (non-hydrogen) atoms. The van der Waals surface area contributed by atoms with Gasteiger partial charge in [-0.1, -0.05) is 6.42 Å². The zero-order chi connectivity index (χ0) is 16.4. The Balaban J connectivity index is 1.61.